The summed E-state index contributed by atoms with van der Waals surface area (Å²) in [6.07, 6.45) is -0.579. The fourth-order valence-corrected chi connectivity index (χ4v) is 18.6. The van der Waals surface area contributed by atoms with E-state index in [4.69, 9.17) is 47.4 Å². The van der Waals surface area contributed by atoms with Crippen molar-refractivity contribution in [3.63, 3.8) is 0 Å². The van der Waals surface area contributed by atoms with Crippen molar-refractivity contribution in [2.75, 3.05) is 37.8 Å². The topological polar surface area (TPSA) is 259 Å². The average molecular weight is 1040 g/mol. The number of nitrogens with one attached hydrogen (secondary N) is 2. The van der Waals surface area contributed by atoms with Gasteiger partial charge in [0.25, 0.3) is 0 Å². The molecule has 19 nitrogen and oxygen atoms in total. The van der Waals surface area contributed by atoms with Crippen LogP contribution in [0.2, 0.25) is 0 Å². The molecule has 4 spiro atoms. The number of fused-ring (bicyclic) bond motifs is 8. The highest BCUT2D eigenvalue weighted by molar-refractivity contribution is 8.76. The Kier molecular flexibility index (Phi) is 9.98. The van der Waals surface area contributed by atoms with Crippen LogP contribution in [0.5, 0.6) is 0 Å². The van der Waals surface area contributed by atoms with Crippen LogP contribution in [0.4, 0.5) is 0 Å². The van der Waals surface area contributed by atoms with Gasteiger partial charge in [-0.15, -0.1) is 0 Å². The standard InChI is InChI=1S/C51H62N2O17S2/c1-22(2)46-36(67-46)38-50(69-38)44(5)12-10-24-26(20-61-40(24)58)28(44)18-30-48(50,65-30)42(46)63-34(56)8-6-32(54)52-14-16-71-72-17-15-53-33(55)7-9-35(57)64-43-47(23(3)4)37(68-47)39-51(70-39)45(60)13-11-25-27(21-62-41(25)59)29(45)19-31-49(43,51)66-31/h22-23,28-31,36-39,42-43,60H,6-21H2,1-5H3,(H,52,54)(H,53,55)/t28?,29?,30-,31+,36?,37?,38-,39+,42+,43-,44-,45-,46-,47+,48+,49-,50+,51-/m0/s1. The van der Waals surface area contributed by atoms with E-state index in [1.54, 1.807) is 21.6 Å². The molecule has 0 bridgehead atoms. The Bertz CT molecular complexity index is 2420. The number of cyclic esters (lactones) is 2. The van der Waals surface area contributed by atoms with Crippen LogP contribution in [-0.2, 0) is 76.1 Å². The molecule has 14 rings (SSSR count). The number of carbonyl (C=O) groups is 6. The van der Waals surface area contributed by atoms with Crippen LogP contribution in [0, 0.1) is 29.1 Å². The summed E-state index contributed by atoms with van der Waals surface area (Å²) in [6.45, 7) is 11.6. The second kappa shape index (κ2) is 15.2. The molecular weight excluding hydrogens is 977 g/mol. The lowest BCUT2D eigenvalue weighted by atomic mass is 9.46. The Hall–Kier alpha value is -3.28. The summed E-state index contributed by atoms with van der Waals surface area (Å²) in [7, 11) is 3.09. The smallest absolute Gasteiger partial charge is 0.334 e. The van der Waals surface area contributed by atoms with Crippen LogP contribution in [0.15, 0.2) is 22.3 Å². The molecule has 14 aliphatic rings. The molecular formula is C51H62N2O17S2. The molecule has 0 aromatic carbocycles. The van der Waals surface area contributed by atoms with Gasteiger partial charge in [0, 0.05) is 59.9 Å². The third-order valence-electron chi connectivity index (χ3n) is 20.3. The van der Waals surface area contributed by atoms with Crippen molar-refractivity contribution in [3.05, 3.63) is 22.3 Å². The zero-order valence-electron chi connectivity index (χ0n) is 41.0. The fraction of sp³-hybridized carbons (Fsp3) is 0.804. The summed E-state index contributed by atoms with van der Waals surface area (Å²) in [5.74, 6) is -1.28. The summed E-state index contributed by atoms with van der Waals surface area (Å²) in [6, 6.07) is 0. The number of carbonyl (C=O) groups excluding carboxylic acids is 6. The molecule has 0 aromatic heterocycles. The number of ether oxygens (including phenoxy) is 10. The van der Waals surface area contributed by atoms with Gasteiger partial charge in [-0.25, -0.2) is 9.59 Å². The largest absolute Gasteiger partial charge is 0.458 e. The van der Waals surface area contributed by atoms with Crippen molar-refractivity contribution in [2.24, 2.45) is 29.1 Å². The Labute approximate surface area is 423 Å². The number of hydrogen-bond acceptors (Lipinski definition) is 19. The SMILES string of the molecule is CC(C)[C@]12OC1[C@@H]1O[C@]13[C@]1(O[C@H]1CC1C4=C(CC[C@@]13C)C(=O)OC4)[C@@H]2OC(=O)CCC(=O)NCCSSCCNC(=O)CCC(=O)O[C@H]1[C@]2(C(C)C)OC2[C@H]2O[C@@]23[C@@]12O[C@@H]2CC1C2=C(CC[C@]13O)C(=O)OC2. The highest BCUT2D eigenvalue weighted by Gasteiger charge is 3.03. The molecule has 10 fully saturated rings. The number of esters is 4. The first kappa shape index (κ1) is 47.2. The highest BCUT2D eigenvalue weighted by Crippen LogP contribution is 2.84. The number of aliphatic hydroxyl groups is 1. The fourth-order valence-electron chi connectivity index (χ4n) is 16.8. The van der Waals surface area contributed by atoms with Crippen molar-refractivity contribution >= 4 is 57.3 Å². The lowest BCUT2D eigenvalue weighted by Crippen LogP contribution is -2.73. The van der Waals surface area contributed by atoms with Gasteiger partial charge >= 0.3 is 23.9 Å². The molecule has 4 unspecified atom stereocenters. The highest BCUT2D eigenvalue weighted by atomic mass is 33.1. The molecule has 0 aromatic rings. The van der Waals surface area contributed by atoms with Crippen molar-refractivity contribution < 1.29 is 81.2 Å². The van der Waals surface area contributed by atoms with Gasteiger partial charge in [0.05, 0.1) is 25.0 Å². The van der Waals surface area contributed by atoms with Crippen LogP contribution in [0.25, 0.3) is 0 Å². The van der Waals surface area contributed by atoms with Crippen LogP contribution in [-0.4, -0.2) is 167 Å². The Balaban J connectivity index is 0.514. The summed E-state index contributed by atoms with van der Waals surface area (Å²) in [5.41, 5.74) is -3.77. The summed E-state index contributed by atoms with van der Waals surface area (Å²) >= 11 is 0. The van der Waals surface area contributed by atoms with Gasteiger partial charge in [0.2, 0.25) is 11.8 Å². The minimum Gasteiger partial charge on any atom is -0.458 e. The minimum absolute atomic E-state index is 0.0220. The molecule has 0 radical (unpaired) electrons. The van der Waals surface area contributed by atoms with Crippen molar-refractivity contribution in [2.45, 2.75) is 187 Å². The molecule has 8 heterocycles. The van der Waals surface area contributed by atoms with Gasteiger partial charge in [-0.2, -0.15) is 0 Å². The molecule has 6 aliphatic carbocycles. The van der Waals surface area contributed by atoms with Gasteiger partial charge in [-0.1, -0.05) is 56.2 Å². The molecule has 390 valence electrons. The second-order valence-corrected chi connectivity index (χ2v) is 26.3. The minimum atomic E-state index is -1.35. The first-order chi connectivity index (χ1) is 34.4. The maximum Gasteiger partial charge on any atom is 0.334 e. The van der Waals surface area contributed by atoms with Gasteiger partial charge in [0.1, 0.15) is 60.0 Å². The predicted octanol–water partition coefficient (Wildman–Crippen LogP) is 2.22. The maximum atomic E-state index is 13.6. The Morgan fingerprint density at radius 2 is 1.11 bits per heavy atom. The van der Waals surface area contributed by atoms with Gasteiger partial charge < -0.3 is 63.1 Å². The van der Waals surface area contributed by atoms with Crippen molar-refractivity contribution in [1.29, 1.82) is 0 Å². The molecule has 72 heavy (non-hydrogen) atoms. The van der Waals surface area contributed by atoms with E-state index in [0.717, 1.165) is 23.1 Å². The van der Waals surface area contributed by atoms with E-state index < -0.39 is 75.6 Å². The van der Waals surface area contributed by atoms with Crippen molar-refractivity contribution in [3.8, 4) is 0 Å². The Morgan fingerprint density at radius 3 is 1.65 bits per heavy atom. The van der Waals surface area contributed by atoms with Gasteiger partial charge in [0.15, 0.2) is 29.0 Å². The van der Waals surface area contributed by atoms with E-state index >= 15 is 0 Å². The molecule has 18 atom stereocenters. The van der Waals surface area contributed by atoms with Crippen LogP contribution in [0.3, 0.4) is 0 Å². The van der Waals surface area contributed by atoms with E-state index in [9.17, 15) is 33.9 Å². The second-order valence-electron chi connectivity index (χ2n) is 23.6. The van der Waals surface area contributed by atoms with Crippen LogP contribution in [0.1, 0.15) is 98.8 Å². The molecule has 6 saturated heterocycles. The third kappa shape index (κ3) is 5.66. The normalized spacial score (nSPS) is 48.7. The molecule has 21 heteroatoms. The van der Waals surface area contributed by atoms with Gasteiger partial charge in [-0.3, -0.25) is 19.2 Å². The third-order valence-corrected chi connectivity index (χ3v) is 22.7. The Morgan fingerprint density at radius 1 is 0.639 bits per heavy atom. The van der Waals surface area contributed by atoms with E-state index in [1.807, 2.05) is 13.8 Å². The predicted molar refractivity (Wildman–Crippen MR) is 248 cm³/mol. The van der Waals surface area contributed by atoms with Crippen LogP contribution >= 0.6 is 21.6 Å². The summed E-state index contributed by atoms with van der Waals surface area (Å²) in [5, 5.41) is 18.3. The molecule has 4 saturated carbocycles. The van der Waals surface area contributed by atoms with Crippen molar-refractivity contribution in [1.82, 2.24) is 10.6 Å². The zero-order valence-corrected chi connectivity index (χ0v) is 42.7. The van der Waals surface area contributed by atoms with Crippen LogP contribution < -0.4 is 10.6 Å². The lowest BCUT2D eigenvalue weighted by Gasteiger charge is -2.53. The zero-order chi connectivity index (χ0) is 49.9. The summed E-state index contributed by atoms with van der Waals surface area (Å²) < 4.78 is 63.0. The quantitative estimate of drug-likeness (QED) is 0.0620. The first-order valence-corrected chi connectivity index (χ1v) is 28.7. The van der Waals surface area contributed by atoms with E-state index in [1.165, 1.54) is 0 Å². The average Bonchev–Trinajstić information content (AvgIpc) is 4.08. The number of epoxide rings is 6. The number of hydrogen-bond donors (Lipinski definition) is 3. The maximum absolute atomic E-state index is 13.6. The monoisotopic (exact) mass is 1040 g/mol. The molecule has 2 amide bonds. The molecule has 8 aliphatic heterocycles. The van der Waals surface area contributed by atoms with E-state index in [2.05, 4.69) is 31.4 Å². The summed E-state index contributed by atoms with van der Waals surface area (Å²) in [4.78, 5) is 77.9. The van der Waals surface area contributed by atoms with E-state index in [0.29, 0.717) is 68.9 Å². The molecule has 3 N–H and O–H groups in total. The lowest BCUT2D eigenvalue weighted by molar-refractivity contribution is -0.181. The van der Waals surface area contributed by atoms with Gasteiger partial charge in [-0.05, 0) is 67.4 Å². The first-order valence-electron chi connectivity index (χ1n) is 26.2. The number of rotatable bonds is 17. The number of amides is 2. The van der Waals surface area contributed by atoms with E-state index in [-0.39, 0.29) is 110 Å².